The van der Waals surface area contributed by atoms with E-state index in [-0.39, 0.29) is 31.4 Å². The van der Waals surface area contributed by atoms with Gasteiger partial charge in [0.25, 0.3) is 0 Å². The van der Waals surface area contributed by atoms with Crippen molar-refractivity contribution in [1.82, 2.24) is 28.1 Å². The van der Waals surface area contributed by atoms with Gasteiger partial charge in [-0.05, 0) is 44.0 Å². The third-order valence-corrected chi connectivity index (χ3v) is 10.3. The number of hydrogen-bond donors (Lipinski definition) is 1. The number of halogens is 3. The number of rotatable bonds is 8. The summed E-state index contributed by atoms with van der Waals surface area (Å²) in [5, 5.41) is 15.9. The Morgan fingerprint density at radius 3 is 2.29 bits per heavy atom. The lowest BCUT2D eigenvalue weighted by atomic mass is 10.0. The van der Waals surface area contributed by atoms with Crippen LogP contribution in [0.4, 0.5) is 13.2 Å². The largest absolute Gasteiger partial charge is 0.416 e. The maximum atomic E-state index is 13.2. The zero-order valence-electron chi connectivity index (χ0n) is 25.2. The van der Waals surface area contributed by atoms with Gasteiger partial charge in [0.05, 0.1) is 41.2 Å². The van der Waals surface area contributed by atoms with Crippen LogP contribution in [0.2, 0.25) is 0 Å². The minimum absolute atomic E-state index is 0.000991. The highest BCUT2D eigenvalue weighted by Gasteiger charge is 2.33. The Kier molecular flexibility index (Phi) is 8.44. The Balaban J connectivity index is 1.17. The molecule has 2 aromatic carbocycles. The smallest absolute Gasteiger partial charge is 0.390 e. The van der Waals surface area contributed by atoms with E-state index in [9.17, 15) is 31.5 Å². The molecule has 0 radical (unpaired) electrons. The van der Waals surface area contributed by atoms with E-state index in [4.69, 9.17) is 5.10 Å². The zero-order valence-corrected chi connectivity index (χ0v) is 26.1. The van der Waals surface area contributed by atoms with Crippen LogP contribution < -0.4 is 5.69 Å². The highest BCUT2D eigenvalue weighted by atomic mass is 32.2. The topological polar surface area (TPSA) is 106 Å². The minimum atomic E-state index is -4.48. The minimum Gasteiger partial charge on any atom is -0.390 e. The van der Waals surface area contributed by atoms with Gasteiger partial charge in [-0.25, -0.2) is 13.2 Å². The number of fused-ring (bicyclic) bond motifs is 2. The number of benzene rings is 2. The van der Waals surface area contributed by atoms with Gasteiger partial charge in [0.1, 0.15) is 0 Å². The van der Waals surface area contributed by atoms with Gasteiger partial charge in [-0.1, -0.05) is 24.3 Å². The van der Waals surface area contributed by atoms with E-state index in [1.807, 2.05) is 35.8 Å². The molecular weight excluding hydrogens is 609 g/mol. The van der Waals surface area contributed by atoms with Crippen molar-refractivity contribution in [3.05, 3.63) is 75.8 Å². The first-order valence-electron chi connectivity index (χ1n) is 15.2. The summed E-state index contributed by atoms with van der Waals surface area (Å²) in [4.78, 5) is 15.4. The average Bonchev–Trinajstić information content (AvgIpc) is 3.50. The lowest BCUT2D eigenvalue weighted by Gasteiger charge is -2.33. The number of imidazole rings is 1. The van der Waals surface area contributed by atoms with Crippen molar-refractivity contribution in [3.8, 4) is 11.3 Å². The van der Waals surface area contributed by atoms with Crippen LogP contribution in [0.25, 0.3) is 22.3 Å². The third kappa shape index (κ3) is 6.20. The van der Waals surface area contributed by atoms with Gasteiger partial charge in [-0.3, -0.25) is 13.8 Å². The van der Waals surface area contributed by atoms with E-state index in [0.717, 1.165) is 48.0 Å². The highest BCUT2D eigenvalue weighted by molar-refractivity contribution is 7.88. The molecule has 1 fully saturated rings. The number of likely N-dealkylation sites (tertiary alicyclic amines) is 1. The molecule has 45 heavy (non-hydrogen) atoms. The van der Waals surface area contributed by atoms with Crippen LogP contribution in [-0.4, -0.2) is 80.2 Å². The van der Waals surface area contributed by atoms with Crippen molar-refractivity contribution in [2.24, 2.45) is 0 Å². The Morgan fingerprint density at radius 1 is 1.00 bits per heavy atom. The molecule has 14 heteroatoms. The van der Waals surface area contributed by atoms with E-state index in [0.29, 0.717) is 49.4 Å². The average molecular weight is 647 g/mol. The van der Waals surface area contributed by atoms with Crippen molar-refractivity contribution in [2.75, 3.05) is 32.4 Å². The van der Waals surface area contributed by atoms with Gasteiger partial charge in [0.2, 0.25) is 10.0 Å². The summed E-state index contributed by atoms with van der Waals surface area (Å²) in [6, 6.07) is 12.6. The summed E-state index contributed by atoms with van der Waals surface area (Å²) in [7, 11) is -3.50. The molecule has 242 valence electrons. The Morgan fingerprint density at radius 2 is 1.67 bits per heavy atom. The summed E-state index contributed by atoms with van der Waals surface area (Å²) in [6.07, 6.45) is -2.24. The number of hydrogen-bond acceptors (Lipinski definition) is 6. The van der Waals surface area contributed by atoms with Crippen molar-refractivity contribution in [2.45, 2.75) is 64.1 Å². The van der Waals surface area contributed by atoms with Crippen LogP contribution in [0.3, 0.4) is 0 Å². The number of sulfonamides is 1. The van der Waals surface area contributed by atoms with Crippen LogP contribution in [0.15, 0.2) is 53.3 Å². The molecule has 0 aliphatic carbocycles. The fraction of sp³-hybridized carbons (Fsp3) is 0.484. The molecule has 1 N–H and O–H groups in total. The summed E-state index contributed by atoms with van der Waals surface area (Å²) in [6.45, 7) is 4.83. The monoisotopic (exact) mass is 646 g/mol. The number of aromatic nitrogens is 4. The van der Waals surface area contributed by atoms with Crippen LogP contribution in [0.5, 0.6) is 0 Å². The van der Waals surface area contributed by atoms with Crippen molar-refractivity contribution < 1.29 is 26.7 Å². The number of aryl methyl sites for hydroxylation is 1. The third-order valence-electron chi connectivity index (χ3n) is 9.01. The van der Waals surface area contributed by atoms with Gasteiger partial charge in [0.15, 0.2) is 0 Å². The Bertz CT molecular complexity index is 1850. The fourth-order valence-corrected chi connectivity index (χ4v) is 7.54. The van der Waals surface area contributed by atoms with Crippen LogP contribution in [-0.2, 0) is 42.3 Å². The molecular formula is C31H37F3N6O4S. The Hall–Kier alpha value is -3.46. The summed E-state index contributed by atoms with van der Waals surface area (Å²) in [5.74, 6) is 0. The second-order valence-electron chi connectivity index (χ2n) is 11.9. The van der Waals surface area contributed by atoms with E-state index in [1.165, 1.54) is 16.4 Å². The molecule has 2 aromatic heterocycles. The lowest BCUT2D eigenvalue weighted by molar-refractivity contribution is -0.137. The molecule has 6 rings (SSSR count). The number of nitrogens with zero attached hydrogens (tertiary/aromatic N) is 6. The Labute approximate surface area is 259 Å². The first-order chi connectivity index (χ1) is 21.3. The SMILES string of the molecule is CCn1c(=O)n(C2CCN(CC(O)Cn3nc(-c4ccc(C(F)(F)F)cc4)c4c3CCN(S(C)(=O)=O)C4)CC2)c2ccccc21. The fourth-order valence-electron chi connectivity index (χ4n) is 6.76. The standard InChI is InChI=1S/C31H37F3N6O4S/c1-3-38-27-6-4-5-7-28(27)40(30(38)42)23-12-15-36(16-13-23)18-24(41)19-39-26-14-17-37(45(2,43)44)20-25(26)29(35-39)21-8-10-22(11-9-21)31(32,33)34/h4-11,23-24,41H,3,12-20H2,1-2H3. The van der Waals surface area contributed by atoms with Gasteiger partial charge in [-0.15, -0.1) is 0 Å². The van der Waals surface area contributed by atoms with Crippen molar-refractivity contribution in [1.29, 1.82) is 0 Å². The predicted octanol–water partition coefficient (Wildman–Crippen LogP) is 3.72. The normalized spacial score (nSPS) is 18.0. The maximum absolute atomic E-state index is 13.2. The summed E-state index contributed by atoms with van der Waals surface area (Å²) in [5.41, 5.74) is 3.36. The van der Waals surface area contributed by atoms with Crippen molar-refractivity contribution >= 4 is 21.1 Å². The highest BCUT2D eigenvalue weighted by Crippen LogP contribution is 2.34. The number of piperidine rings is 1. The number of β-amino-alcohol motifs (C(OH)–C–C–N with tert-alkyl or cyclic N) is 1. The molecule has 2 aliphatic heterocycles. The molecule has 4 aromatic rings. The predicted molar refractivity (Wildman–Crippen MR) is 164 cm³/mol. The molecule has 0 bridgehead atoms. The molecule has 0 amide bonds. The van der Waals surface area contributed by atoms with E-state index >= 15 is 0 Å². The molecule has 1 saturated heterocycles. The number of aliphatic hydroxyl groups is 1. The molecule has 1 atom stereocenters. The number of para-hydroxylation sites is 2. The van der Waals surface area contributed by atoms with Gasteiger partial charge < -0.3 is 10.0 Å². The maximum Gasteiger partial charge on any atom is 0.416 e. The molecule has 4 heterocycles. The second-order valence-corrected chi connectivity index (χ2v) is 13.9. The molecule has 10 nitrogen and oxygen atoms in total. The molecule has 1 unspecified atom stereocenters. The van der Waals surface area contributed by atoms with E-state index < -0.39 is 27.9 Å². The molecule has 0 saturated carbocycles. The molecule has 0 spiro atoms. The number of alkyl halides is 3. The van der Waals surface area contributed by atoms with Crippen LogP contribution in [0, 0.1) is 0 Å². The van der Waals surface area contributed by atoms with Crippen LogP contribution in [0.1, 0.15) is 42.6 Å². The zero-order chi connectivity index (χ0) is 32.1. The van der Waals surface area contributed by atoms with Crippen LogP contribution >= 0.6 is 0 Å². The molecule has 2 aliphatic rings. The first kappa shape index (κ1) is 31.5. The first-order valence-corrected chi connectivity index (χ1v) is 17.0. The summed E-state index contributed by atoms with van der Waals surface area (Å²) >= 11 is 0. The van der Waals surface area contributed by atoms with Gasteiger partial charge in [-0.2, -0.15) is 22.6 Å². The quantitative estimate of drug-likeness (QED) is 0.313. The van der Waals surface area contributed by atoms with E-state index in [1.54, 1.807) is 9.25 Å². The number of aliphatic hydroxyl groups excluding tert-OH is 1. The lowest BCUT2D eigenvalue weighted by Crippen LogP contribution is -2.42. The summed E-state index contributed by atoms with van der Waals surface area (Å²) < 4.78 is 70.9. The van der Waals surface area contributed by atoms with Crippen molar-refractivity contribution in [3.63, 3.8) is 0 Å². The van der Waals surface area contributed by atoms with Gasteiger partial charge >= 0.3 is 11.9 Å². The van der Waals surface area contributed by atoms with E-state index in [2.05, 4.69) is 4.90 Å². The van der Waals surface area contributed by atoms with Gasteiger partial charge in [0, 0.05) is 68.6 Å². The second kappa shape index (κ2) is 12.0.